The van der Waals surface area contributed by atoms with E-state index in [1.54, 1.807) is 4.90 Å². The molecule has 3 rings (SSSR count). The molecule has 2 amide bonds. The minimum Gasteiger partial charge on any atom is -0.338 e. The Hall–Kier alpha value is -3.06. The summed E-state index contributed by atoms with van der Waals surface area (Å²) < 4.78 is 0. The lowest BCUT2D eigenvalue weighted by molar-refractivity contribution is -0.116. The number of amides is 2. The molecule has 0 aliphatic carbocycles. The van der Waals surface area contributed by atoms with Crippen molar-refractivity contribution in [1.29, 1.82) is 0 Å². The number of aromatic nitrogens is 2. The third-order valence-corrected chi connectivity index (χ3v) is 6.73. The maximum Gasteiger partial charge on any atom is 0.253 e. The van der Waals surface area contributed by atoms with E-state index in [9.17, 15) is 9.59 Å². The molecule has 2 aromatic carbocycles. The van der Waals surface area contributed by atoms with E-state index in [-0.39, 0.29) is 18.2 Å². The summed E-state index contributed by atoms with van der Waals surface area (Å²) in [5.41, 5.74) is 4.06. The van der Waals surface area contributed by atoms with Crippen LogP contribution in [0.4, 0.5) is 5.13 Å². The molecule has 0 bridgehead atoms. The summed E-state index contributed by atoms with van der Waals surface area (Å²) in [7, 11) is 0. The lowest BCUT2D eigenvalue weighted by atomic mass is 10.0. The maximum absolute atomic E-state index is 13.1. The standard InChI is InChI=1S/C28H36N4O2S/c1-4-6-7-8-11-22-13-15-23(16-14-22)27(34)32(18-5-2)19-17-25(33)29-28-31-30-26(35-28)24-12-9-10-21(3)20-24/h9-10,12-16,20H,4-8,11,17-19H2,1-3H3,(H,29,31,33). The molecule has 6 nitrogen and oxygen atoms in total. The van der Waals surface area contributed by atoms with E-state index < -0.39 is 0 Å². The number of anilines is 1. The smallest absolute Gasteiger partial charge is 0.253 e. The number of nitrogens with one attached hydrogen (secondary N) is 1. The first-order chi connectivity index (χ1) is 17.0. The van der Waals surface area contributed by atoms with Crippen LogP contribution in [0, 0.1) is 6.92 Å². The van der Waals surface area contributed by atoms with Gasteiger partial charge >= 0.3 is 0 Å². The van der Waals surface area contributed by atoms with E-state index in [0.717, 1.165) is 29.0 Å². The zero-order valence-electron chi connectivity index (χ0n) is 21.0. The number of carbonyl (C=O) groups is 2. The normalized spacial score (nSPS) is 10.8. The van der Waals surface area contributed by atoms with Crippen LogP contribution in [0.2, 0.25) is 0 Å². The summed E-state index contributed by atoms with van der Waals surface area (Å²) in [6.07, 6.45) is 7.01. The Kier molecular flexibility index (Phi) is 10.4. The maximum atomic E-state index is 13.1. The summed E-state index contributed by atoms with van der Waals surface area (Å²) in [6.45, 7) is 7.25. The molecule has 1 heterocycles. The van der Waals surface area contributed by atoms with Crippen molar-refractivity contribution in [3.8, 4) is 10.6 Å². The molecule has 1 aromatic heterocycles. The van der Waals surface area contributed by atoms with Gasteiger partial charge in [-0.3, -0.25) is 9.59 Å². The minimum atomic E-state index is -0.173. The number of aryl methyl sites for hydroxylation is 2. The number of benzene rings is 2. The third kappa shape index (κ3) is 8.28. The van der Waals surface area contributed by atoms with Gasteiger partial charge < -0.3 is 10.2 Å². The van der Waals surface area contributed by atoms with E-state index in [1.165, 1.54) is 42.6 Å². The van der Waals surface area contributed by atoms with Gasteiger partial charge in [0, 0.05) is 30.6 Å². The van der Waals surface area contributed by atoms with Gasteiger partial charge in [-0.1, -0.05) is 80.3 Å². The highest BCUT2D eigenvalue weighted by molar-refractivity contribution is 7.18. The Morgan fingerprint density at radius 2 is 1.74 bits per heavy atom. The fourth-order valence-corrected chi connectivity index (χ4v) is 4.68. The molecule has 0 spiro atoms. The molecule has 0 saturated carbocycles. The summed E-state index contributed by atoms with van der Waals surface area (Å²) in [5, 5.41) is 12.4. The van der Waals surface area contributed by atoms with Crippen molar-refractivity contribution in [3.05, 3.63) is 65.2 Å². The van der Waals surface area contributed by atoms with Crippen LogP contribution in [0.1, 0.15) is 73.9 Å². The van der Waals surface area contributed by atoms with Gasteiger partial charge in [-0.2, -0.15) is 0 Å². The molecule has 7 heteroatoms. The van der Waals surface area contributed by atoms with Gasteiger partial charge in [0.15, 0.2) is 0 Å². The molecule has 0 aliphatic rings. The highest BCUT2D eigenvalue weighted by Gasteiger charge is 2.17. The summed E-state index contributed by atoms with van der Waals surface area (Å²) in [6, 6.07) is 16.0. The fraction of sp³-hybridized carbons (Fsp3) is 0.429. The zero-order valence-corrected chi connectivity index (χ0v) is 21.9. The van der Waals surface area contributed by atoms with Gasteiger partial charge in [-0.05, 0) is 49.9 Å². The molecule has 0 unspecified atom stereocenters. The van der Waals surface area contributed by atoms with Crippen LogP contribution >= 0.6 is 11.3 Å². The number of hydrogen-bond donors (Lipinski definition) is 1. The first-order valence-electron chi connectivity index (χ1n) is 12.6. The third-order valence-electron chi connectivity index (χ3n) is 5.85. The summed E-state index contributed by atoms with van der Waals surface area (Å²) in [4.78, 5) is 27.4. The minimum absolute atomic E-state index is 0.0326. The number of rotatable bonds is 13. The lowest BCUT2D eigenvalue weighted by Crippen LogP contribution is -2.34. The van der Waals surface area contributed by atoms with E-state index in [0.29, 0.717) is 23.8 Å². The van der Waals surface area contributed by atoms with Crippen molar-refractivity contribution in [2.45, 2.75) is 65.7 Å². The van der Waals surface area contributed by atoms with E-state index in [2.05, 4.69) is 34.6 Å². The monoisotopic (exact) mass is 492 g/mol. The molecule has 0 aliphatic heterocycles. The zero-order chi connectivity index (χ0) is 25.0. The molecular formula is C28H36N4O2S. The van der Waals surface area contributed by atoms with Crippen molar-refractivity contribution in [2.75, 3.05) is 18.4 Å². The van der Waals surface area contributed by atoms with Gasteiger partial charge in [0.1, 0.15) is 5.01 Å². The second-order valence-corrected chi connectivity index (χ2v) is 9.86. The first-order valence-corrected chi connectivity index (χ1v) is 13.4. The quantitative estimate of drug-likeness (QED) is 0.276. The van der Waals surface area contributed by atoms with Crippen LogP contribution in [0.25, 0.3) is 10.6 Å². The average Bonchev–Trinajstić information content (AvgIpc) is 3.33. The second-order valence-electron chi connectivity index (χ2n) is 8.88. The van der Waals surface area contributed by atoms with E-state index in [4.69, 9.17) is 0 Å². The van der Waals surface area contributed by atoms with Crippen molar-refractivity contribution < 1.29 is 9.59 Å². The van der Waals surface area contributed by atoms with Crippen LogP contribution in [0.5, 0.6) is 0 Å². The van der Waals surface area contributed by atoms with Crippen LogP contribution < -0.4 is 5.32 Å². The topological polar surface area (TPSA) is 75.2 Å². The Labute approximate surface area is 212 Å². The SMILES string of the molecule is CCCCCCc1ccc(C(=O)N(CCC)CCC(=O)Nc2nnc(-c3cccc(C)c3)s2)cc1. The van der Waals surface area contributed by atoms with Crippen LogP contribution in [-0.2, 0) is 11.2 Å². The highest BCUT2D eigenvalue weighted by Crippen LogP contribution is 2.26. The summed E-state index contributed by atoms with van der Waals surface area (Å²) >= 11 is 1.35. The lowest BCUT2D eigenvalue weighted by Gasteiger charge is -2.22. The number of unbranched alkanes of at least 4 members (excludes halogenated alkanes) is 3. The molecule has 3 aromatic rings. The Morgan fingerprint density at radius 3 is 2.46 bits per heavy atom. The number of carbonyl (C=O) groups excluding carboxylic acids is 2. The van der Waals surface area contributed by atoms with Gasteiger partial charge in [-0.25, -0.2) is 0 Å². The predicted octanol–water partition coefficient (Wildman–Crippen LogP) is 6.52. The molecule has 1 N–H and O–H groups in total. The van der Waals surface area contributed by atoms with Crippen LogP contribution in [0.3, 0.4) is 0 Å². The van der Waals surface area contributed by atoms with Crippen molar-refractivity contribution in [3.63, 3.8) is 0 Å². The highest BCUT2D eigenvalue weighted by atomic mass is 32.1. The van der Waals surface area contributed by atoms with Crippen molar-refractivity contribution >= 4 is 28.3 Å². The predicted molar refractivity (Wildman–Crippen MR) is 144 cm³/mol. The fourth-order valence-electron chi connectivity index (χ4n) is 3.92. The second kappa shape index (κ2) is 13.7. The Bertz CT molecular complexity index is 1090. The Morgan fingerprint density at radius 1 is 0.943 bits per heavy atom. The van der Waals surface area contributed by atoms with Crippen LogP contribution in [0.15, 0.2) is 48.5 Å². The van der Waals surface area contributed by atoms with Gasteiger partial charge in [0.25, 0.3) is 5.91 Å². The molecule has 0 fully saturated rings. The molecule has 186 valence electrons. The number of hydrogen-bond acceptors (Lipinski definition) is 5. The Balaban J connectivity index is 1.52. The van der Waals surface area contributed by atoms with Crippen LogP contribution in [-0.4, -0.2) is 40.0 Å². The first kappa shape index (κ1) is 26.5. The van der Waals surface area contributed by atoms with Gasteiger partial charge in [-0.15, -0.1) is 10.2 Å². The van der Waals surface area contributed by atoms with Crippen molar-refractivity contribution in [1.82, 2.24) is 15.1 Å². The van der Waals surface area contributed by atoms with Gasteiger partial charge in [0.2, 0.25) is 11.0 Å². The molecule has 35 heavy (non-hydrogen) atoms. The molecule has 0 saturated heterocycles. The largest absolute Gasteiger partial charge is 0.338 e. The molecule has 0 atom stereocenters. The van der Waals surface area contributed by atoms with Crippen molar-refractivity contribution in [2.24, 2.45) is 0 Å². The van der Waals surface area contributed by atoms with E-state index >= 15 is 0 Å². The van der Waals surface area contributed by atoms with Gasteiger partial charge in [0.05, 0.1) is 0 Å². The number of nitrogens with zero attached hydrogens (tertiary/aromatic N) is 3. The van der Waals surface area contributed by atoms with E-state index in [1.807, 2.05) is 50.2 Å². The molecule has 0 radical (unpaired) electrons. The average molecular weight is 493 g/mol. The summed E-state index contributed by atoms with van der Waals surface area (Å²) in [5.74, 6) is -0.205. The molecular weight excluding hydrogens is 456 g/mol.